The molecule has 1 aromatic rings. The van der Waals surface area contributed by atoms with Crippen molar-refractivity contribution >= 4 is 0 Å². The normalized spacial score (nSPS) is 13.0. The Bertz CT molecular complexity index is 268. The number of imidazole rings is 1. The van der Waals surface area contributed by atoms with E-state index in [0.717, 1.165) is 32.4 Å². The molecule has 1 heterocycles. The van der Waals surface area contributed by atoms with Crippen LogP contribution in [-0.4, -0.2) is 22.6 Å². The molecule has 0 saturated heterocycles. The maximum atomic E-state index is 4.42. The standard InChI is InChI=1S/C12H23N3/c1-4-7-12-14-8-9-15(12)11(5-2)10-13-6-3/h8-9,11,13H,4-7,10H2,1-3H3. The lowest BCUT2D eigenvalue weighted by molar-refractivity contribution is 0.438. The molecule has 0 aliphatic rings. The molecule has 1 atom stereocenters. The molecule has 86 valence electrons. The largest absolute Gasteiger partial charge is 0.331 e. The van der Waals surface area contributed by atoms with E-state index >= 15 is 0 Å². The van der Waals surface area contributed by atoms with E-state index in [2.05, 4.69) is 41.8 Å². The highest BCUT2D eigenvalue weighted by molar-refractivity contribution is 4.95. The molecule has 0 amide bonds. The highest BCUT2D eigenvalue weighted by atomic mass is 15.1. The van der Waals surface area contributed by atoms with Gasteiger partial charge in [-0.25, -0.2) is 4.98 Å². The molecule has 0 saturated carbocycles. The van der Waals surface area contributed by atoms with Crippen molar-refractivity contribution < 1.29 is 0 Å². The fraction of sp³-hybridized carbons (Fsp3) is 0.750. The molecule has 0 fully saturated rings. The Morgan fingerprint density at radius 3 is 2.80 bits per heavy atom. The van der Waals surface area contributed by atoms with Gasteiger partial charge in [-0.3, -0.25) is 0 Å². The summed E-state index contributed by atoms with van der Waals surface area (Å²) < 4.78 is 2.33. The van der Waals surface area contributed by atoms with Gasteiger partial charge in [0.25, 0.3) is 0 Å². The Hall–Kier alpha value is -0.830. The van der Waals surface area contributed by atoms with E-state index in [9.17, 15) is 0 Å². The second kappa shape index (κ2) is 6.62. The summed E-state index contributed by atoms with van der Waals surface area (Å²) >= 11 is 0. The highest BCUT2D eigenvalue weighted by Crippen LogP contribution is 2.13. The molecule has 0 spiro atoms. The summed E-state index contributed by atoms with van der Waals surface area (Å²) in [4.78, 5) is 4.42. The van der Waals surface area contributed by atoms with Crippen LogP contribution in [0.25, 0.3) is 0 Å². The molecule has 0 radical (unpaired) electrons. The van der Waals surface area contributed by atoms with Crippen molar-refractivity contribution in [2.24, 2.45) is 0 Å². The Balaban J connectivity index is 2.67. The monoisotopic (exact) mass is 209 g/mol. The summed E-state index contributed by atoms with van der Waals surface area (Å²) in [5.74, 6) is 1.22. The van der Waals surface area contributed by atoms with Gasteiger partial charge in [0.1, 0.15) is 5.82 Å². The van der Waals surface area contributed by atoms with Crippen molar-refractivity contribution in [3.8, 4) is 0 Å². The summed E-state index contributed by atoms with van der Waals surface area (Å²) in [5, 5.41) is 3.41. The number of rotatable bonds is 7. The third-order valence-electron chi connectivity index (χ3n) is 2.72. The van der Waals surface area contributed by atoms with E-state index in [1.165, 1.54) is 5.82 Å². The minimum absolute atomic E-state index is 0.550. The zero-order valence-corrected chi connectivity index (χ0v) is 10.2. The fourth-order valence-electron chi connectivity index (χ4n) is 1.84. The molecule has 0 aliphatic heterocycles. The van der Waals surface area contributed by atoms with Crippen molar-refractivity contribution in [2.45, 2.75) is 46.1 Å². The Morgan fingerprint density at radius 2 is 2.20 bits per heavy atom. The molecular weight excluding hydrogens is 186 g/mol. The van der Waals surface area contributed by atoms with Gasteiger partial charge in [0.15, 0.2) is 0 Å². The van der Waals surface area contributed by atoms with Crippen molar-refractivity contribution in [3.05, 3.63) is 18.2 Å². The predicted octanol–water partition coefficient (Wildman–Crippen LogP) is 2.40. The van der Waals surface area contributed by atoms with Crippen LogP contribution >= 0.6 is 0 Å². The Labute approximate surface area is 92.9 Å². The van der Waals surface area contributed by atoms with E-state index in [0.29, 0.717) is 6.04 Å². The molecule has 0 aromatic carbocycles. The molecule has 3 nitrogen and oxygen atoms in total. The Kier molecular flexibility index (Phi) is 5.40. The molecule has 3 heteroatoms. The summed E-state index contributed by atoms with van der Waals surface area (Å²) in [6.07, 6.45) is 7.42. The van der Waals surface area contributed by atoms with Gasteiger partial charge in [0, 0.05) is 31.4 Å². The van der Waals surface area contributed by atoms with Crippen molar-refractivity contribution in [2.75, 3.05) is 13.1 Å². The SMILES string of the molecule is CCCc1nccn1C(CC)CNCC. The molecule has 0 aliphatic carbocycles. The highest BCUT2D eigenvalue weighted by Gasteiger charge is 2.11. The van der Waals surface area contributed by atoms with Crippen molar-refractivity contribution in [1.82, 2.24) is 14.9 Å². The number of aryl methyl sites for hydroxylation is 1. The average molecular weight is 209 g/mol. The van der Waals surface area contributed by atoms with Gasteiger partial charge in [-0.05, 0) is 19.4 Å². The number of hydrogen-bond acceptors (Lipinski definition) is 2. The van der Waals surface area contributed by atoms with Gasteiger partial charge in [0.2, 0.25) is 0 Å². The Morgan fingerprint density at radius 1 is 1.40 bits per heavy atom. The van der Waals surface area contributed by atoms with E-state index < -0.39 is 0 Å². The van der Waals surface area contributed by atoms with Crippen LogP contribution in [0.1, 0.15) is 45.5 Å². The third-order valence-corrected chi connectivity index (χ3v) is 2.72. The second-order valence-corrected chi connectivity index (χ2v) is 3.87. The van der Waals surface area contributed by atoms with Crippen LogP contribution in [0.2, 0.25) is 0 Å². The molecule has 1 N–H and O–H groups in total. The van der Waals surface area contributed by atoms with E-state index in [4.69, 9.17) is 0 Å². The summed E-state index contributed by atoms with van der Waals surface area (Å²) in [7, 11) is 0. The first kappa shape index (κ1) is 12.2. The lowest BCUT2D eigenvalue weighted by Gasteiger charge is -2.19. The number of likely N-dealkylation sites (N-methyl/N-ethyl adjacent to an activating group) is 1. The second-order valence-electron chi connectivity index (χ2n) is 3.87. The predicted molar refractivity (Wildman–Crippen MR) is 64.1 cm³/mol. The van der Waals surface area contributed by atoms with Crippen LogP contribution in [0, 0.1) is 0 Å². The maximum Gasteiger partial charge on any atom is 0.108 e. The molecule has 1 aromatic heterocycles. The van der Waals surface area contributed by atoms with Crippen LogP contribution in [-0.2, 0) is 6.42 Å². The van der Waals surface area contributed by atoms with E-state index in [-0.39, 0.29) is 0 Å². The van der Waals surface area contributed by atoms with Crippen LogP contribution < -0.4 is 5.32 Å². The van der Waals surface area contributed by atoms with Crippen LogP contribution in [0.4, 0.5) is 0 Å². The lowest BCUT2D eigenvalue weighted by Crippen LogP contribution is -2.25. The van der Waals surface area contributed by atoms with Crippen LogP contribution in [0.5, 0.6) is 0 Å². The van der Waals surface area contributed by atoms with Gasteiger partial charge in [0.05, 0.1) is 0 Å². The van der Waals surface area contributed by atoms with Gasteiger partial charge < -0.3 is 9.88 Å². The third kappa shape index (κ3) is 3.34. The summed E-state index contributed by atoms with van der Waals surface area (Å²) in [6, 6.07) is 0.550. The molecule has 0 bridgehead atoms. The number of hydrogen-bond donors (Lipinski definition) is 1. The topological polar surface area (TPSA) is 29.9 Å². The summed E-state index contributed by atoms with van der Waals surface area (Å²) in [5.41, 5.74) is 0. The van der Waals surface area contributed by atoms with Crippen LogP contribution in [0.15, 0.2) is 12.4 Å². The van der Waals surface area contributed by atoms with Gasteiger partial charge >= 0.3 is 0 Å². The van der Waals surface area contributed by atoms with E-state index in [1.54, 1.807) is 0 Å². The maximum absolute atomic E-state index is 4.42. The first-order valence-corrected chi connectivity index (χ1v) is 6.05. The zero-order valence-electron chi connectivity index (χ0n) is 10.2. The van der Waals surface area contributed by atoms with Gasteiger partial charge in [-0.15, -0.1) is 0 Å². The first-order valence-electron chi connectivity index (χ1n) is 6.05. The number of nitrogens with zero attached hydrogens (tertiary/aromatic N) is 2. The van der Waals surface area contributed by atoms with E-state index in [1.807, 2.05) is 6.20 Å². The minimum Gasteiger partial charge on any atom is -0.331 e. The minimum atomic E-state index is 0.550. The fourth-order valence-corrected chi connectivity index (χ4v) is 1.84. The number of aromatic nitrogens is 2. The lowest BCUT2D eigenvalue weighted by atomic mass is 10.2. The van der Waals surface area contributed by atoms with Gasteiger partial charge in [-0.1, -0.05) is 20.8 Å². The average Bonchev–Trinajstić information content (AvgIpc) is 2.68. The molecule has 15 heavy (non-hydrogen) atoms. The molecule has 1 unspecified atom stereocenters. The van der Waals surface area contributed by atoms with Gasteiger partial charge in [-0.2, -0.15) is 0 Å². The van der Waals surface area contributed by atoms with Crippen molar-refractivity contribution in [3.63, 3.8) is 0 Å². The molecular formula is C12H23N3. The molecule has 1 rings (SSSR count). The first-order chi connectivity index (χ1) is 7.33. The number of nitrogens with one attached hydrogen (secondary N) is 1. The zero-order chi connectivity index (χ0) is 11.1. The van der Waals surface area contributed by atoms with Crippen LogP contribution in [0.3, 0.4) is 0 Å². The smallest absolute Gasteiger partial charge is 0.108 e. The quantitative estimate of drug-likeness (QED) is 0.747. The summed E-state index contributed by atoms with van der Waals surface area (Å²) in [6.45, 7) is 8.66. The van der Waals surface area contributed by atoms with Crippen molar-refractivity contribution in [1.29, 1.82) is 0 Å².